The molecule has 2 amide bonds. The topological polar surface area (TPSA) is 74.1 Å². The number of benzene rings is 3. The molecule has 0 radical (unpaired) electrons. The maximum Gasteiger partial charge on any atom is 0.259 e. The van der Waals surface area contributed by atoms with Gasteiger partial charge in [0.2, 0.25) is 5.91 Å². The molecule has 1 atom stereocenters. The number of nitrogens with zero attached hydrogens (tertiary/aromatic N) is 3. The molecule has 0 aromatic heterocycles. The maximum absolute atomic E-state index is 13.8. The summed E-state index contributed by atoms with van der Waals surface area (Å²) < 4.78 is 13.8. The Bertz CT molecular complexity index is 1340. The molecule has 2 aliphatic heterocycles. The zero-order valence-corrected chi connectivity index (χ0v) is 19.2. The van der Waals surface area contributed by atoms with Gasteiger partial charge in [-0.25, -0.2) is 14.3 Å². The average Bonchev–Trinajstić information content (AvgIpc) is 3.17. The molecule has 8 heteroatoms. The van der Waals surface area contributed by atoms with Crippen LogP contribution in [0.3, 0.4) is 0 Å². The second-order valence-corrected chi connectivity index (χ2v) is 8.99. The van der Waals surface area contributed by atoms with Crippen LogP contribution in [0.2, 0.25) is 0 Å². The Morgan fingerprint density at radius 3 is 2.65 bits per heavy atom. The zero-order valence-electron chi connectivity index (χ0n) is 18.4. The van der Waals surface area contributed by atoms with E-state index in [2.05, 4.69) is 10.3 Å². The number of aliphatic imine (C=N–C) groups is 2. The van der Waals surface area contributed by atoms with E-state index in [1.165, 1.54) is 11.0 Å². The molecule has 0 fully saturated rings. The fourth-order valence-corrected chi connectivity index (χ4v) is 4.67. The minimum Gasteiger partial charge on any atom is -0.325 e. The summed E-state index contributed by atoms with van der Waals surface area (Å²) in [5, 5.41) is 3.10. The van der Waals surface area contributed by atoms with Gasteiger partial charge in [-0.2, -0.15) is 0 Å². The molecule has 3 aromatic rings. The number of nitrogens with one attached hydrogen (secondary N) is 1. The third-order valence-corrected chi connectivity index (χ3v) is 6.55. The second kappa shape index (κ2) is 9.23. The van der Waals surface area contributed by atoms with Crippen molar-refractivity contribution in [2.75, 3.05) is 11.1 Å². The standard InChI is InChI=1S/C26H21FN4O2S/c1-16-11-12-18(14-20(16)27)28-23(32)15-34-26-30-21-10-6-5-9-19(21)24-29-22(25(33)31(24)26)13-17-7-3-2-4-8-17/h2-12,14,22H,13,15H2,1H3,(H,28,32). The lowest BCUT2D eigenvalue weighted by Gasteiger charge is -2.25. The summed E-state index contributed by atoms with van der Waals surface area (Å²) in [6.45, 7) is 1.66. The van der Waals surface area contributed by atoms with E-state index in [1.54, 1.807) is 19.1 Å². The molecule has 0 spiro atoms. The zero-order chi connectivity index (χ0) is 23.7. The van der Waals surface area contributed by atoms with Gasteiger partial charge >= 0.3 is 0 Å². The van der Waals surface area contributed by atoms with Crippen LogP contribution in [0.1, 0.15) is 16.7 Å². The van der Waals surface area contributed by atoms with Gasteiger partial charge in [-0.1, -0.05) is 60.3 Å². The summed E-state index contributed by atoms with van der Waals surface area (Å²) >= 11 is 1.15. The van der Waals surface area contributed by atoms with Crippen molar-refractivity contribution >= 4 is 46.0 Å². The van der Waals surface area contributed by atoms with Crippen molar-refractivity contribution in [3.63, 3.8) is 0 Å². The second-order valence-electron chi connectivity index (χ2n) is 8.04. The highest BCUT2D eigenvalue weighted by Gasteiger charge is 2.41. The number of amidine groups is 2. The van der Waals surface area contributed by atoms with Crippen molar-refractivity contribution in [1.29, 1.82) is 0 Å². The van der Waals surface area contributed by atoms with Crippen LogP contribution in [-0.2, 0) is 16.0 Å². The van der Waals surface area contributed by atoms with Crippen molar-refractivity contribution in [2.45, 2.75) is 19.4 Å². The van der Waals surface area contributed by atoms with Gasteiger partial charge in [-0.05, 0) is 42.3 Å². The number of hydrogen-bond acceptors (Lipinski definition) is 5. The molecule has 0 aliphatic carbocycles. The summed E-state index contributed by atoms with van der Waals surface area (Å²) in [6.07, 6.45) is 0.485. The first kappa shape index (κ1) is 22.0. The number of thioether (sulfide) groups is 1. The summed E-state index contributed by atoms with van der Waals surface area (Å²) in [7, 11) is 0. The Labute approximate surface area is 200 Å². The van der Waals surface area contributed by atoms with Gasteiger partial charge in [0.25, 0.3) is 5.91 Å². The normalized spacial score (nSPS) is 16.5. The van der Waals surface area contributed by atoms with Crippen molar-refractivity contribution in [3.05, 3.63) is 95.3 Å². The number of fused-ring (bicyclic) bond motifs is 3. The third kappa shape index (κ3) is 4.36. The maximum atomic E-state index is 13.8. The van der Waals surface area contributed by atoms with Crippen LogP contribution in [-0.4, -0.2) is 39.5 Å². The highest BCUT2D eigenvalue weighted by Crippen LogP contribution is 2.34. The van der Waals surface area contributed by atoms with Gasteiger partial charge in [0.1, 0.15) is 17.7 Å². The van der Waals surface area contributed by atoms with Gasteiger partial charge < -0.3 is 5.32 Å². The first-order chi connectivity index (χ1) is 16.5. The first-order valence-electron chi connectivity index (χ1n) is 10.8. The molecule has 170 valence electrons. The fraction of sp³-hybridized carbons (Fsp3) is 0.154. The van der Waals surface area contributed by atoms with E-state index in [0.29, 0.717) is 34.4 Å². The van der Waals surface area contributed by atoms with Crippen molar-refractivity contribution in [3.8, 4) is 0 Å². The molecule has 6 nitrogen and oxygen atoms in total. The Morgan fingerprint density at radius 2 is 1.85 bits per heavy atom. The molecule has 0 saturated heterocycles. The largest absolute Gasteiger partial charge is 0.325 e. The third-order valence-electron chi connectivity index (χ3n) is 5.61. The van der Waals surface area contributed by atoms with E-state index in [9.17, 15) is 14.0 Å². The Balaban J connectivity index is 1.36. The molecule has 2 heterocycles. The van der Waals surface area contributed by atoms with Crippen molar-refractivity contribution in [2.24, 2.45) is 9.98 Å². The SMILES string of the molecule is Cc1ccc(NC(=O)CSC2=Nc3ccccc3C3=NC(Cc4ccccc4)C(=O)N23)cc1F. The highest BCUT2D eigenvalue weighted by molar-refractivity contribution is 8.14. The van der Waals surface area contributed by atoms with Crippen LogP contribution < -0.4 is 5.32 Å². The average molecular weight is 473 g/mol. The lowest BCUT2D eigenvalue weighted by atomic mass is 10.1. The lowest BCUT2D eigenvalue weighted by molar-refractivity contribution is -0.124. The minimum absolute atomic E-state index is 0.0108. The smallest absolute Gasteiger partial charge is 0.259 e. The van der Waals surface area contributed by atoms with E-state index in [0.717, 1.165) is 22.9 Å². The van der Waals surface area contributed by atoms with E-state index < -0.39 is 6.04 Å². The van der Waals surface area contributed by atoms with E-state index >= 15 is 0 Å². The molecule has 5 rings (SSSR count). The lowest BCUT2D eigenvalue weighted by Crippen LogP contribution is -2.41. The van der Waals surface area contributed by atoms with Crippen molar-refractivity contribution < 1.29 is 14.0 Å². The molecule has 3 aromatic carbocycles. The number of para-hydroxylation sites is 1. The summed E-state index contributed by atoms with van der Waals surface area (Å²) in [4.78, 5) is 36.8. The predicted molar refractivity (Wildman–Crippen MR) is 133 cm³/mol. The van der Waals surface area contributed by atoms with Crippen LogP contribution in [0.15, 0.2) is 82.8 Å². The van der Waals surface area contributed by atoms with Gasteiger partial charge in [0.05, 0.1) is 11.4 Å². The van der Waals surface area contributed by atoms with Gasteiger partial charge in [-0.3, -0.25) is 14.6 Å². The van der Waals surface area contributed by atoms with Crippen molar-refractivity contribution in [1.82, 2.24) is 4.90 Å². The number of hydrogen-bond donors (Lipinski definition) is 1. The Hall–Kier alpha value is -3.78. The predicted octanol–water partition coefficient (Wildman–Crippen LogP) is 4.71. The van der Waals surface area contributed by atoms with Crippen LogP contribution in [0.5, 0.6) is 0 Å². The number of halogens is 1. The quantitative estimate of drug-likeness (QED) is 0.585. The minimum atomic E-state index is -0.557. The molecule has 0 bridgehead atoms. The summed E-state index contributed by atoms with van der Waals surface area (Å²) in [6, 6.07) is 21.3. The van der Waals surface area contributed by atoms with E-state index in [-0.39, 0.29) is 23.4 Å². The number of aryl methyl sites for hydroxylation is 1. The van der Waals surface area contributed by atoms with E-state index in [4.69, 9.17) is 4.99 Å². The number of anilines is 1. The monoisotopic (exact) mass is 472 g/mol. The van der Waals surface area contributed by atoms with Crippen LogP contribution in [0.25, 0.3) is 0 Å². The first-order valence-corrected chi connectivity index (χ1v) is 11.8. The van der Waals surface area contributed by atoms with Gasteiger partial charge in [-0.15, -0.1) is 0 Å². The summed E-state index contributed by atoms with van der Waals surface area (Å²) in [5.41, 5.74) is 3.40. The molecular formula is C26H21FN4O2S. The molecule has 1 unspecified atom stereocenters. The van der Waals surface area contributed by atoms with E-state index in [1.807, 2.05) is 54.6 Å². The van der Waals surface area contributed by atoms with Gasteiger partial charge in [0, 0.05) is 17.7 Å². The Morgan fingerprint density at radius 1 is 1.09 bits per heavy atom. The van der Waals surface area contributed by atoms with Crippen LogP contribution in [0.4, 0.5) is 15.8 Å². The highest BCUT2D eigenvalue weighted by atomic mass is 32.2. The molecular weight excluding hydrogens is 451 g/mol. The molecule has 0 saturated carbocycles. The molecule has 34 heavy (non-hydrogen) atoms. The number of carbonyl (C=O) groups is 2. The number of carbonyl (C=O) groups excluding carboxylic acids is 2. The fourth-order valence-electron chi connectivity index (χ4n) is 3.87. The van der Waals surface area contributed by atoms with Crippen LogP contribution >= 0.6 is 11.8 Å². The number of rotatable bonds is 5. The van der Waals surface area contributed by atoms with Crippen LogP contribution in [0, 0.1) is 12.7 Å². The summed E-state index contributed by atoms with van der Waals surface area (Å²) in [5.74, 6) is -0.301. The molecule has 2 aliphatic rings. The molecule has 1 N–H and O–H groups in total. The van der Waals surface area contributed by atoms with Gasteiger partial charge in [0.15, 0.2) is 5.17 Å². The number of amides is 2. The Kier molecular flexibility index (Phi) is 5.98.